The van der Waals surface area contributed by atoms with E-state index in [-0.39, 0.29) is 49.9 Å². The van der Waals surface area contributed by atoms with Crippen LogP contribution in [0.4, 0.5) is 19.2 Å². The van der Waals surface area contributed by atoms with E-state index < -0.39 is 0 Å². The molecule has 4 atom stereocenters. The van der Waals surface area contributed by atoms with Gasteiger partial charge in [-0.15, -0.1) is 12.4 Å². The van der Waals surface area contributed by atoms with Crippen molar-refractivity contribution in [2.45, 2.75) is 166 Å². The number of piperidine rings is 4. The fourth-order valence-electron chi connectivity index (χ4n) is 10.3. The molecule has 0 aromatic heterocycles. The lowest BCUT2D eigenvalue weighted by molar-refractivity contribution is -0.121. The molecule has 6 amide bonds. The number of aliphatic hydroxyl groups is 1. The maximum Gasteiger partial charge on any atom is 0.409 e. The van der Waals surface area contributed by atoms with Gasteiger partial charge in [-0.25, -0.2) is 19.2 Å². The molecule has 8 aliphatic rings. The molecule has 16 nitrogen and oxygen atoms in total. The molecule has 0 unspecified atom stereocenters. The molecule has 0 aromatic carbocycles. The minimum absolute atomic E-state index is 0. The van der Waals surface area contributed by atoms with E-state index in [4.69, 9.17) is 14.6 Å². The summed E-state index contributed by atoms with van der Waals surface area (Å²) in [6.45, 7) is 11.3. The summed E-state index contributed by atoms with van der Waals surface area (Å²) in [5, 5.41) is 16.8. The normalized spacial score (nSPS) is 27.6. The SMILES string of the molecule is C.CCOC(=O)N1CCC(=O)CC1.CCOC(=O)N1CCC(N2CCC(N3C(=O)N[C@@H]4CCCC[C@@H]43)CC2)CC1.CO.Cl.O=C1N[C@@H]2CCCC[C@@H]2N1C1CCNCC1. The van der Waals surface area contributed by atoms with Gasteiger partial charge in [-0.1, -0.05) is 33.1 Å². The molecule has 6 saturated heterocycles. The number of amides is 6. The molecule has 0 radical (unpaired) electrons. The van der Waals surface area contributed by atoms with Crippen LogP contribution in [-0.2, 0) is 14.3 Å². The third kappa shape index (κ3) is 13.5. The Bertz CT molecular complexity index is 1300. The molecule has 4 N–H and O–H groups in total. The van der Waals surface area contributed by atoms with E-state index in [9.17, 15) is 24.0 Å². The van der Waals surface area contributed by atoms with E-state index >= 15 is 0 Å². The van der Waals surface area contributed by atoms with E-state index in [0.29, 0.717) is 81.4 Å². The number of hydrogen-bond acceptors (Lipinski definition) is 10. The summed E-state index contributed by atoms with van der Waals surface area (Å²) in [6, 6.07) is 3.55. The molecule has 8 rings (SSSR count). The Balaban J connectivity index is 0.000000248. The molecule has 6 heterocycles. The number of urea groups is 2. The van der Waals surface area contributed by atoms with E-state index in [1.807, 2.05) is 11.8 Å². The van der Waals surface area contributed by atoms with E-state index in [0.717, 1.165) is 97.7 Å². The standard InChI is InChI=1S/C20H34N4O3.C12H21N3O.C8H13NO3.CH4O.CH4.ClH/c1-2-27-20(26)23-13-7-15(8-14-23)22-11-9-16(10-12-22)24-18-6-4-3-5-17(18)21-19(24)25;16-12-14-10-3-1-2-4-11(10)15(12)9-5-7-13-8-6-9;1-2-12-8(11)9-5-3-7(10)4-6-9;1-2;;/h15-18H,2-14H2,1H3,(H,21,25);9-11,13H,1-8H2,(H,14,16);2-6H2,1H3;2H,1H3;1H4;1H/t17-,18+;10-,11+;;;;/m11..../s1. The molecule has 0 spiro atoms. The van der Waals surface area contributed by atoms with Gasteiger partial charge in [-0.2, -0.15) is 0 Å². The molecule has 8 fully saturated rings. The minimum atomic E-state index is -0.301. The van der Waals surface area contributed by atoms with E-state index in [1.54, 1.807) is 11.8 Å². The third-order valence-corrected chi connectivity index (χ3v) is 13.2. The second kappa shape index (κ2) is 25.6. The summed E-state index contributed by atoms with van der Waals surface area (Å²) in [7, 11) is 1.00. The topological polar surface area (TPSA) is 176 Å². The lowest BCUT2D eigenvalue weighted by Crippen LogP contribution is -2.53. The average molecular weight is 858 g/mol. The first-order chi connectivity index (χ1) is 27.8. The predicted molar refractivity (Wildman–Crippen MR) is 230 cm³/mol. The highest BCUT2D eigenvalue weighted by Crippen LogP contribution is 2.34. The number of halogens is 1. The van der Waals surface area contributed by atoms with Crippen LogP contribution < -0.4 is 16.0 Å². The van der Waals surface area contributed by atoms with Gasteiger partial charge in [-0.3, -0.25) is 4.79 Å². The second-order valence-electron chi connectivity index (χ2n) is 16.5. The highest BCUT2D eigenvalue weighted by atomic mass is 35.5. The number of aliphatic hydroxyl groups excluding tert-OH is 1. The first-order valence-electron chi connectivity index (χ1n) is 22.2. The number of carbonyl (C=O) groups is 5. The zero-order valence-electron chi connectivity index (χ0n) is 35.4. The van der Waals surface area contributed by atoms with Gasteiger partial charge in [0.2, 0.25) is 0 Å². The number of nitrogens with one attached hydrogen (secondary N) is 3. The molecule has 59 heavy (non-hydrogen) atoms. The van der Waals surface area contributed by atoms with Gasteiger partial charge in [-0.05, 0) is 91.1 Å². The van der Waals surface area contributed by atoms with Gasteiger partial charge in [0, 0.05) is 77.3 Å². The molecule has 6 aliphatic heterocycles. The molecule has 17 heteroatoms. The number of fused-ring (bicyclic) bond motifs is 2. The molecular formula is C42H77ClN8O8. The molecule has 2 aliphatic carbocycles. The molecule has 340 valence electrons. The van der Waals surface area contributed by atoms with Crippen molar-refractivity contribution in [2.24, 2.45) is 0 Å². The Morgan fingerprint density at radius 1 is 0.593 bits per heavy atom. The van der Waals surface area contributed by atoms with Gasteiger partial charge in [0.25, 0.3) is 0 Å². The van der Waals surface area contributed by atoms with Gasteiger partial charge in [0.05, 0.1) is 37.4 Å². The Kier molecular flexibility index (Phi) is 21.8. The van der Waals surface area contributed by atoms with Crippen molar-refractivity contribution in [3.63, 3.8) is 0 Å². The van der Waals surface area contributed by atoms with Gasteiger partial charge >= 0.3 is 24.2 Å². The number of carbonyl (C=O) groups excluding carboxylic acids is 5. The van der Waals surface area contributed by atoms with Gasteiger partial charge in [0.15, 0.2) is 0 Å². The quantitative estimate of drug-likeness (QED) is 0.296. The highest BCUT2D eigenvalue weighted by molar-refractivity contribution is 5.85. The monoisotopic (exact) mass is 857 g/mol. The number of ketones is 1. The first kappa shape index (κ1) is 50.3. The lowest BCUT2D eigenvalue weighted by atomic mass is 9.89. The number of ether oxygens (including phenoxy) is 2. The maximum atomic E-state index is 12.5. The van der Waals surface area contributed by atoms with Crippen molar-refractivity contribution in [3.8, 4) is 0 Å². The summed E-state index contributed by atoms with van der Waals surface area (Å²) in [6.07, 6.45) is 16.7. The van der Waals surface area contributed by atoms with Crippen LogP contribution in [0.3, 0.4) is 0 Å². The zero-order valence-corrected chi connectivity index (χ0v) is 36.2. The third-order valence-electron chi connectivity index (χ3n) is 13.2. The van der Waals surface area contributed by atoms with Crippen LogP contribution in [0, 0.1) is 0 Å². The van der Waals surface area contributed by atoms with E-state index in [1.165, 1.54) is 38.5 Å². The number of rotatable bonds is 5. The van der Waals surface area contributed by atoms with Crippen LogP contribution in [0.25, 0.3) is 0 Å². The van der Waals surface area contributed by atoms with Crippen molar-refractivity contribution in [1.82, 2.24) is 40.4 Å². The fourth-order valence-corrected chi connectivity index (χ4v) is 10.3. The number of Topliss-reactive ketones (excluding diaryl/α,β-unsaturated/α-hetero) is 1. The first-order valence-corrected chi connectivity index (χ1v) is 22.2. The van der Waals surface area contributed by atoms with Crippen LogP contribution in [0.1, 0.15) is 124 Å². The Morgan fingerprint density at radius 3 is 1.46 bits per heavy atom. The molecular weight excluding hydrogens is 780 g/mol. The summed E-state index contributed by atoms with van der Waals surface area (Å²) in [5.41, 5.74) is 0. The minimum Gasteiger partial charge on any atom is -0.450 e. The van der Waals surface area contributed by atoms with Crippen molar-refractivity contribution >= 4 is 42.4 Å². The second-order valence-corrected chi connectivity index (χ2v) is 16.5. The Hall–Kier alpha value is -3.08. The van der Waals surface area contributed by atoms with Crippen molar-refractivity contribution < 1.29 is 38.6 Å². The molecule has 0 bridgehead atoms. The summed E-state index contributed by atoms with van der Waals surface area (Å²) >= 11 is 0. The molecule has 0 aromatic rings. The van der Waals surface area contributed by atoms with Crippen LogP contribution in [0.5, 0.6) is 0 Å². The maximum absolute atomic E-state index is 12.5. The predicted octanol–water partition coefficient (Wildman–Crippen LogP) is 4.96. The van der Waals surface area contributed by atoms with Crippen LogP contribution in [0.15, 0.2) is 0 Å². The number of likely N-dealkylation sites (tertiary alicyclic amines) is 3. The zero-order chi connectivity index (χ0) is 40.7. The van der Waals surface area contributed by atoms with Gasteiger partial charge < -0.3 is 55.0 Å². The average Bonchev–Trinajstić information content (AvgIpc) is 3.77. The van der Waals surface area contributed by atoms with Crippen molar-refractivity contribution in [2.75, 3.05) is 72.7 Å². The number of hydrogen-bond donors (Lipinski definition) is 4. The largest absolute Gasteiger partial charge is 0.450 e. The Morgan fingerprint density at radius 2 is 1.00 bits per heavy atom. The van der Waals surface area contributed by atoms with E-state index in [2.05, 4.69) is 30.7 Å². The van der Waals surface area contributed by atoms with Crippen molar-refractivity contribution in [3.05, 3.63) is 0 Å². The molecule has 2 saturated carbocycles. The lowest BCUT2D eigenvalue weighted by Gasteiger charge is -2.44. The number of nitrogens with zero attached hydrogens (tertiary/aromatic N) is 5. The summed E-state index contributed by atoms with van der Waals surface area (Å²) < 4.78 is 9.91. The summed E-state index contributed by atoms with van der Waals surface area (Å²) in [5.74, 6) is 0.232. The smallest absolute Gasteiger partial charge is 0.409 e. The van der Waals surface area contributed by atoms with Crippen LogP contribution in [0.2, 0.25) is 0 Å². The van der Waals surface area contributed by atoms with Crippen LogP contribution >= 0.6 is 12.4 Å². The Labute approximate surface area is 359 Å². The van der Waals surface area contributed by atoms with Crippen LogP contribution in [-0.4, -0.2) is 175 Å². The fraction of sp³-hybridized carbons (Fsp3) is 0.881. The summed E-state index contributed by atoms with van der Waals surface area (Å²) in [4.78, 5) is 68.7. The van der Waals surface area contributed by atoms with Crippen molar-refractivity contribution in [1.29, 1.82) is 0 Å². The highest BCUT2D eigenvalue weighted by Gasteiger charge is 2.45. The van der Waals surface area contributed by atoms with Gasteiger partial charge in [0.1, 0.15) is 5.78 Å².